The highest BCUT2D eigenvalue weighted by Crippen LogP contribution is 2.31. The van der Waals surface area contributed by atoms with E-state index in [0.717, 1.165) is 16.7 Å². The zero-order chi connectivity index (χ0) is 14.0. The maximum Gasteiger partial charge on any atom is 0.316 e. The summed E-state index contributed by atoms with van der Waals surface area (Å²) in [5.74, 6) is -1.61. The highest BCUT2D eigenvalue weighted by Gasteiger charge is 2.41. The predicted molar refractivity (Wildman–Crippen MR) is 72.0 cm³/mol. The molecule has 19 heavy (non-hydrogen) atoms. The second-order valence-electron chi connectivity index (χ2n) is 4.21. The molecule has 2 amide bonds. The average molecular weight is 279 g/mol. The third-order valence-electron chi connectivity index (χ3n) is 2.84. The molecule has 0 aromatic heterocycles. The molecular formula is C13H13NO4S. The van der Waals surface area contributed by atoms with Gasteiger partial charge in [-0.1, -0.05) is 18.2 Å². The van der Waals surface area contributed by atoms with Crippen LogP contribution in [0.25, 0.3) is 0 Å². The number of carbonyl (C=O) groups excluding carboxylic acids is 2. The van der Waals surface area contributed by atoms with E-state index in [1.54, 1.807) is 30.3 Å². The van der Waals surface area contributed by atoms with Crippen LogP contribution in [0.2, 0.25) is 0 Å². The van der Waals surface area contributed by atoms with Crippen LogP contribution in [0.3, 0.4) is 0 Å². The van der Waals surface area contributed by atoms with Crippen LogP contribution < -0.4 is 4.90 Å². The molecule has 0 saturated carbocycles. The monoisotopic (exact) mass is 279 g/mol. The Morgan fingerprint density at radius 3 is 2.58 bits per heavy atom. The molecule has 0 unspecified atom stereocenters. The Hall–Kier alpha value is -1.82. The van der Waals surface area contributed by atoms with Gasteiger partial charge in [-0.15, -0.1) is 11.8 Å². The maximum absolute atomic E-state index is 12.2. The fraction of sp³-hybridized carbons (Fsp3) is 0.308. The quantitative estimate of drug-likeness (QED) is 0.846. The zero-order valence-corrected chi connectivity index (χ0v) is 11.1. The molecule has 0 radical (unpaired) electrons. The molecule has 1 aromatic rings. The number of imide groups is 1. The maximum atomic E-state index is 12.2. The molecule has 2 atom stereocenters. The van der Waals surface area contributed by atoms with E-state index in [1.165, 1.54) is 6.92 Å². The Morgan fingerprint density at radius 2 is 2.00 bits per heavy atom. The normalized spacial score (nSPS) is 20.7. The first-order valence-electron chi connectivity index (χ1n) is 5.81. The minimum atomic E-state index is -0.983. The van der Waals surface area contributed by atoms with Gasteiger partial charge in [0.15, 0.2) is 0 Å². The van der Waals surface area contributed by atoms with Crippen molar-refractivity contribution in [1.82, 2.24) is 0 Å². The summed E-state index contributed by atoms with van der Waals surface area (Å²) in [5, 5.41) is 7.52. The number of rotatable bonds is 4. The number of amides is 2. The topological polar surface area (TPSA) is 74.7 Å². The van der Waals surface area contributed by atoms with Crippen molar-refractivity contribution in [1.29, 1.82) is 0 Å². The second-order valence-corrected chi connectivity index (χ2v) is 5.76. The van der Waals surface area contributed by atoms with Crippen LogP contribution in [0.1, 0.15) is 13.3 Å². The van der Waals surface area contributed by atoms with Gasteiger partial charge in [-0.2, -0.15) is 0 Å². The summed E-state index contributed by atoms with van der Waals surface area (Å²) in [6, 6.07) is 8.66. The van der Waals surface area contributed by atoms with Crippen molar-refractivity contribution in [2.45, 2.75) is 23.8 Å². The Kier molecular flexibility index (Phi) is 3.90. The first kappa shape index (κ1) is 13.6. The van der Waals surface area contributed by atoms with Crippen LogP contribution >= 0.6 is 11.8 Å². The summed E-state index contributed by atoms with van der Waals surface area (Å²) in [5.41, 5.74) is 0.531. The summed E-state index contributed by atoms with van der Waals surface area (Å²) < 4.78 is 0. The Morgan fingerprint density at radius 1 is 1.37 bits per heavy atom. The molecule has 6 heteroatoms. The molecule has 0 bridgehead atoms. The molecule has 1 N–H and O–H groups in total. The summed E-state index contributed by atoms with van der Waals surface area (Å²) in [4.78, 5) is 36.0. The molecule has 1 heterocycles. The molecule has 1 saturated heterocycles. The van der Waals surface area contributed by atoms with Gasteiger partial charge < -0.3 is 5.11 Å². The lowest BCUT2D eigenvalue weighted by Gasteiger charge is -2.15. The first-order chi connectivity index (χ1) is 9.00. The third kappa shape index (κ3) is 2.78. The lowest BCUT2D eigenvalue weighted by Crippen LogP contribution is -2.31. The number of anilines is 1. The third-order valence-corrected chi connectivity index (χ3v) is 4.14. The second kappa shape index (κ2) is 5.44. The van der Waals surface area contributed by atoms with Crippen molar-refractivity contribution in [3.8, 4) is 0 Å². The van der Waals surface area contributed by atoms with Gasteiger partial charge in [-0.25, -0.2) is 4.90 Å². The molecule has 5 nitrogen and oxygen atoms in total. The number of carbonyl (C=O) groups is 3. The molecule has 1 aromatic carbocycles. The van der Waals surface area contributed by atoms with Crippen molar-refractivity contribution in [2.24, 2.45) is 0 Å². The van der Waals surface area contributed by atoms with Crippen LogP contribution in [0.5, 0.6) is 0 Å². The van der Waals surface area contributed by atoms with Crippen molar-refractivity contribution in [2.75, 3.05) is 4.90 Å². The van der Waals surface area contributed by atoms with Crippen LogP contribution in [-0.4, -0.2) is 33.4 Å². The molecule has 0 aliphatic carbocycles. The van der Waals surface area contributed by atoms with Gasteiger partial charge in [0.1, 0.15) is 5.25 Å². The standard InChI is InChI=1S/C13H13NO4S/c1-8(13(17)18)19-10-7-11(15)14(12(10)16)9-5-3-2-4-6-9/h2-6,8,10H,7H2,1H3,(H,17,18)/t8-,10+/m1/s1. The average Bonchev–Trinajstić information content (AvgIpc) is 2.65. The SMILES string of the molecule is C[C@@H](S[C@H]1CC(=O)N(c2ccccc2)C1=O)C(=O)O. The van der Waals surface area contributed by atoms with Crippen LogP contribution in [-0.2, 0) is 14.4 Å². The minimum absolute atomic E-state index is 0.0516. The van der Waals surface area contributed by atoms with E-state index in [1.807, 2.05) is 0 Å². The number of para-hydroxylation sites is 1. The van der Waals surface area contributed by atoms with Gasteiger partial charge in [0, 0.05) is 6.42 Å². The number of carboxylic acids is 1. The van der Waals surface area contributed by atoms with E-state index < -0.39 is 16.5 Å². The van der Waals surface area contributed by atoms with Gasteiger partial charge in [0.2, 0.25) is 11.8 Å². The van der Waals surface area contributed by atoms with Crippen molar-refractivity contribution < 1.29 is 19.5 Å². The van der Waals surface area contributed by atoms with E-state index in [2.05, 4.69) is 0 Å². The van der Waals surface area contributed by atoms with Gasteiger partial charge >= 0.3 is 5.97 Å². The minimum Gasteiger partial charge on any atom is -0.480 e. The Labute approximate surface area is 114 Å². The number of nitrogens with zero attached hydrogens (tertiary/aromatic N) is 1. The van der Waals surface area contributed by atoms with E-state index in [-0.39, 0.29) is 18.2 Å². The van der Waals surface area contributed by atoms with Crippen molar-refractivity contribution >= 4 is 35.2 Å². The Bertz CT molecular complexity index is 517. The zero-order valence-electron chi connectivity index (χ0n) is 10.3. The molecule has 0 spiro atoms. The molecule has 1 aliphatic heterocycles. The van der Waals surface area contributed by atoms with E-state index in [9.17, 15) is 14.4 Å². The summed E-state index contributed by atoms with van der Waals surface area (Å²) >= 11 is 1.01. The summed E-state index contributed by atoms with van der Waals surface area (Å²) in [6.45, 7) is 1.51. The number of hydrogen-bond acceptors (Lipinski definition) is 4. The van der Waals surface area contributed by atoms with Crippen LogP contribution in [0, 0.1) is 0 Å². The molecule has 100 valence electrons. The molecular weight excluding hydrogens is 266 g/mol. The fourth-order valence-corrected chi connectivity index (χ4v) is 2.93. The lowest BCUT2D eigenvalue weighted by atomic mass is 10.3. The van der Waals surface area contributed by atoms with Crippen LogP contribution in [0.15, 0.2) is 30.3 Å². The summed E-state index contributed by atoms with van der Waals surface area (Å²) in [6.07, 6.45) is 0.0516. The largest absolute Gasteiger partial charge is 0.480 e. The number of thioether (sulfide) groups is 1. The highest BCUT2D eigenvalue weighted by atomic mass is 32.2. The van der Waals surface area contributed by atoms with Gasteiger partial charge in [-0.3, -0.25) is 14.4 Å². The van der Waals surface area contributed by atoms with Gasteiger partial charge in [0.05, 0.1) is 10.9 Å². The van der Waals surface area contributed by atoms with Crippen LogP contribution in [0.4, 0.5) is 5.69 Å². The van der Waals surface area contributed by atoms with Gasteiger partial charge in [-0.05, 0) is 19.1 Å². The number of carboxylic acid groups (broad SMARTS) is 1. The number of benzene rings is 1. The fourth-order valence-electron chi connectivity index (χ4n) is 1.86. The van der Waals surface area contributed by atoms with Crippen molar-refractivity contribution in [3.63, 3.8) is 0 Å². The van der Waals surface area contributed by atoms with E-state index >= 15 is 0 Å². The number of aliphatic carboxylic acids is 1. The van der Waals surface area contributed by atoms with E-state index in [0.29, 0.717) is 5.69 Å². The molecule has 1 aliphatic rings. The van der Waals surface area contributed by atoms with Crippen molar-refractivity contribution in [3.05, 3.63) is 30.3 Å². The van der Waals surface area contributed by atoms with Gasteiger partial charge in [0.25, 0.3) is 0 Å². The predicted octanol–water partition coefficient (Wildman–Crippen LogP) is 1.52. The number of hydrogen-bond donors (Lipinski definition) is 1. The molecule has 1 fully saturated rings. The smallest absolute Gasteiger partial charge is 0.316 e. The van der Waals surface area contributed by atoms with E-state index in [4.69, 9.17) is 5.11 Å². The molecule has 2 rings (SSSR count). The lowest BCUT2D eigenvalue weighted by molar-refractivity contribution is -0.136. The highest BCUT2D eigenvalue weighted by molar-refractivity contribution is 8.01. The summed E-state index contributed by atoms with van der Waals surface area (Å²) in [7, 11) is 0. The first-order valence-corrected chi connectivity index (χ1v) is 6.75. The Balaban J connectivity index is 2.15.